The molecule has 5 aromatic rings. The van der Waals surface area contributed by atoms with Crippen molar-refractivity contribution in [2.24, 2.45) is 0 Å². The minimum atomic E-state index is -4.54. The second-order valence-electron chi connectivity index (χ2n) is 8.68. The van der Waals surface area contributed by atoms with Gasteiger partial charge < -0.3 is 5.32 Å². The third kappa shape index (κ3) is 4.82. The van der Waals surface area contributed by atoms with Crippen molar-refractivity contribution in [1.29, 1.82) is 0 Å². The van der Waals surface area contributed by atoms with Crippen LogP contribution in [0.3, 0.4) is 0 Å². The van der Waals surface area contributed by atoms with Gasteiger partial charge in [0.1, 0.15) is 6.54 Å². The monoisotopic (exact) mass is 509 g/mol. The Morgan fingerprint density at radius 1 is 1.03 bits per heavy atom. The first-order valence-corrected chi connectivity index (χ1v) is 11.5. The zero-order chi connectivity index (χ0) is 26.3. The number of para-hydroxylation sites is 1. The largest absolute Gasteiger partial charge is 0.416 e. The van der Waals surface area contributed by atoms with Crippen molar-refractivity contribution in [2.45, 2.75) is 39.5 Å². The molecule has 0 bridgehead atoms. The predicted molar refractivity (Wildman–Crippen MR) is 130 cm³/mol. The summed E-state index contributed by atoms with van der Waals surface area (Å²) >= 11 is 0. The lowest BCUT2D eigenvalue weighted by atomic mass is 10.2. The number of carbonyl (C=O) groups is 1. The van der Waals surface area contributed by atoms with Gasteiger partial charge in [0.05, 0.1) is 16.8 Å². The lowest BCUT2D eigenvalue weighted by Gasteiger charge is -2.12. The molecule has 12 heteroatoms. The molecule has 0 fully saturated rings. The summed E-state index contributed by atoms with van der Waals surface area (Å²) < 4.78 is 43.3. The van der Waals surface area contributed by atoms with Gasteiger partial charge in [-0.2, -0.15) is 22.8 Å². The summed E-state index contributed by atoms with van der Waals surface area (Å²) in [6.07, 6.45) is -4.11. The molecule has 1 N–H and O–H groups in total. The Bertz CT molecular complexity index is 1700. The molecule has 0 spiro atoms. The average molecular weight is 509 g/mol. The normalized spacial score (nSPS) is 11.9. The van der Waals surface area contributed by atoms with Gasteiger partial charge in [-0.25, -0.2) is 9.78 Å². The number of hydrogen-bond acceptors (Lipinski definition) is 5. The Hall–Kier alpha value is -4.48. The number of anilines is 1. The van der Waals surface area contributed by atoms with Crippen molar-refractivity contribution >= 4 is 28.1 Å². The highest BCUT2D eigenvalue weighted by Crippen LogP contribution is 2.30. The molecule has 5 rings (SSSR count). The van der Waals surface area contributed by atoms with Crippen LogP contribution in [0, 0.1) is 13.8 Å². The van der Waals surface area contributed by atoms with E-state index in [-0.39, 0.29) is 5.69 Å². The number of nitrogens with one attached hydrogen (secondary N) is 1. The van der Waals surface area contributed by atoms with Gasteiger partial charge in [-0.15, -0.1) is 5.10 Å². The number of hydrogen-bond donors (Lipinski definition) is 1. The molecular weight excluding hydrogens is 487 g/mol. The molecule has 2 aromatic carbocycles. The van der Waals surface area contributed by atoms with Crippen LogP contribution in [0.2, 0.25) is 0 Å². The topological polar surface area (TPSA) is 99.1 Å². The van der Waals surface area contributed by atoms with Crippen molar-refractivity contribution in [2.75, 3.05) is 5.32 Å². The summed E-state index contributed by atoms with van der Waals surface area (Å²) in [5.41, 5.74) is 1.22. The Morgan fingerprint density at radius 3 is 2.54 bits per heavy atom. The highest BCUT2D eigenvalue weighted by Gasteiger charge is 2.30. The fourth-order valence-corrected chi connectivity index (χ4v) is 4.26. The summed E-state index contributed by atoms with van der Waals surface area (Å²) in [5.74, 6) is -0.211. The number of aryl methyl sites for hydroxylation is 4. The molecular formula is C25H22F3N7O2. The molecule has 3 aromatic heterocycles. The van der Waals surface area contributed by atoms with Crippen LogP contribution in [0.25, 0.3) is 16.6 Å². The van der Waals surface area contributed by atoms with Gasteiger partial charge in [0.15, 0.2) is 11.5 Å². The highest BCUT2D eigenvalue weighted by molar-refractivity contribution is 5.94. The van der Waals surface area contributed by atoms with E-state index in [1.165, 1.54) is 16.7 Å². The summed E-state index contributed by atoms with van der Waals surface area (Å²) in [6, 6.07) is 13.2. The molecule has 0 unspecified atom stereocenters. The van der Waals surface area contributed by atoms with E-state index in [2.05, 4.69) is 20.5 Å². The summed E-state index contributed by atoms with van der Waals surface area (Å²) in [7, 11) is 0. The Kier molecular flexibility index (Phi) is 6.02. The molecule has 3 heterocycles. The lowest BCUT2D eigenvalue weighted by molar-refractivity contribution is -0.137. The number of aromatic nitrogens is 6. The van der Waals surface area contributed by atoms with Crippen LogP contribution in [-0.2, 0) is 30.5 Å². The molecule has 0 saturated carbocycles. The third-order valence-electron chi connectivity index (χ3n) is 5.92. The predicted octanol–water partition coefficient (Wildman–Crippen LogP) is 3.76. The number of alkyl halides is 3. The molecule has 190 valence electrons. The zero-order valence-corrected chi connectivity index (χ0v) is 20.0. The van der Waals surface area contributed by atoms with Gasteiger partial charge in [-0.1, -0.05) is 18.2 Å². The van der Waals surface area contributed by atoms with Gasteiger partial charge in [-0.05, 0) is 50.2 Å². The maximum absolute atomic E-state index is 13.3. The average Bonchev–Trinajstić information content (AvgIpc) is 3.42. The van der Waals surface area contributed by atoms with Gasteiger partial charge in [0, 0.05) is 29.7 Å². The van der Waals surface area contributed by atoms with Crippen LogP contribution < -0.4 is 11.0 Å². The maximum atomic E-state index is 13.3. The first-order valence-electron chi connectivity index (χ1n) is 11.5. The molecule has 0 aliphatic carbocycles. The molecule has 0 saturated heterocycles. The zero-order valence-electron chi connectivity index (χ0n) is 20.0. The smallest absolute Gasteiger partial charge is 0.325 e. The van der Waals surface area contributed by atoms with Crippen molar-refractivity contribution in [3.8, 4) is 0 Å². The number of benzene rings is 2. The van der Waals surface area contributed by atoms with Crippen LogP contribution in [0.4, 0.5) is 18.9 Å². The molecule has 1 amide bonds. The molecule has 0 radical (unpaired) electrons. The van der Waals surface area contributed by atoms with Crippen molar-refractivity contribution in [1.82, 2.24) is 28.9 Å². The lowest BCUT2D eigenvalue weighted by Crippen LogP contribution is -2.32. The molecule has 37 heavy (non-hydrogen) atoms. The number of amides is 1. The van der Waals surface area contributed by atoms with Crippen LogP contribution >= 0.6 is 0 Å². The minimum Gasteiger partial charge on any atom is -0.325 e. The van der Waals surface area contributed by atoms with E-state index in [0.29, 0.717) is 35.3 Å². The summed E-state index contributed by atoms with van der Waals surface area (Å²) in [5, 5.41) is 11.9. The van der Waals surface area contributed by atoms with Gasteiger partial charge in [-0.3, -0.25) is 14.0 Å². The maximum Gasteiger partial charge on any atom is 0.416 e. The fourth-order valence-electron chi connectivity index (χ4n) is 4.26. The second-order valence-corrected chi connectivity index (χ2v) is 8.68. The van der Waals surface area contributed by atoms with E-state index in [9.17, 15) is 22.8 Å². The Labute approximate surface area is 208 Å². The van der Waals surface area contributed by atoms with Crippen LogP contribution in [0.1, 0.15) is 22.8 Å². The molecule has 0 aliphatic rings. The molecule has 0 aliphatic heterocycles. The standard InChI is InChI=1S/C25H22F3N7O2/c1-15-12-16(2)34(31-15)11-10-21-30-23-19-8-3-4-9-20(19)33(24(37)35(23)32-21)14-22(36)29-18-7-5-6-17(13-18)25(26,27)28/h3-9,12-13H,10-11,14H2,1-2H3,(H,29,36). The van der Waals surface area contributed by atoms with Gasteiger partial charge in [0.25, 0.3) is 0 Å². The van der Waals surface area contributed by atoms with Crippen LogP contribution in [0.15, 0.2) is 59.4 Å². The number of nitrogens with zero attached hydrogens (tertiary/aromatic N) is 6. The van der Waals surface area contributed by atoms with E-state index >= 15 is 0 Å². The van der Waals surface area contributed by atoms with E-state index in [1.54, 1.807) is 24.3 Å². The SMILES string of the molecule is Cc1cc(C)n(CCc2nc3c4ccccc4n(CC(=O)Nc4cccc(C(F)(F)F)c4)c(=O)n3n2)n1. The van der Waals surface area contributed by atoms with E-state index in [0.717, 1.165) is 28.0 Å². The van der Waals surface area contributed by atoms with E-state index in [4.69, 9.17) is 0 Å². The van der Waals surface area contributed by atoms with E-state index < -0.39 is 29.9 Å². The van der Waals surface area contributed by atoms with Crippen molar-refractivity contribution < 1.29 is 18.0 Å². The summed E-state index contributed by atoms with van der Waals surface area (Å²) in [6.45, 7) is 3.96. The first-order chi connectivity index (χ1) is 17.6. The van der Waals surface area contributed by atoms with Crippen LogP contribution in [-0.4, -0.2) is 34.9 Å². The number of carbonyl (C=O) groups excluding carboxylic acids is 1. The number of fused-ring (bicyclic) bond motifs is 3. The van der Waals surface area contributed by atoms with E-state index in [1.807, 2.05) is 24.6 Å². The quantitative estimate of drug-likeness (QED) is 0.376. The fraction of sp³-hybridized carbons (Fsp3) is 0.240. The van der Waals surface area contributed by atoms with Gasteiger partial charge >= 0.3 is 11.9 Å². The molecule has 9 nitrogen and oxygen atoms in total. The third-order valence-corrected chi connectivity index (χ3v) is 5.92. The molecule has 0 atom stereocenters. The minimum absolute atomic E-state index is 0.0227. The Morgan fingerprint density at radius 2 is 1.81 bits per heavy atom. The van der Waals surface area contributed by atoms with Crippen LogP contribution in [0.5, 0.6) is 0 Å². The Balaban J connectivity index is 1.46. The highest BCUT2D eigenvalue weighted by atomic mass is 19.4. The number of rotatable bonds is 6. The van der Waals surface area contributed by atoms with Crippen molar-refractivity contribution in [3.05, 3.63) is 87.9 Å². The second kappa shape index (κ2) is 9.19. The van der Waals surface area contributed by atoms with Gasteiger partial charge in [0.2, 0.25) is 5.91 Å². The first kappa shape index (κ1) is 24.2. The van der Waals surface area contributed by atoms with Crippen molar-refractivity contribution in [3.63, 3.8) is 0 Å². The summed E-state index contributed by atoms with van der Waals surface area (Å²) in [4.78, 5) is 30.7. The number of halogens is 3.